The highest BCUT2D eigenvalue weighted by molar-refractivity contribution is 5.75. The van der Waals surface area contributed by atoms with Crippen LogP contribution in [0.5, 0.6) is 5.75 Å². The first-order valence-corrected chi connectivity index (χ1v) is 12.3. The van der Waals surface area contributed by atoms with Gasteiger partial charge in [-0.25, -0.2) is 4.39 Å². The molecule has 1 aromatic heterocycles. The van der Waals surface area contributed by atoms with Crippen molar-refractivity contribution in [1.82, 2.24) is 20.5 Å². The van der Waals surface area contributed by atoms with Crippen LogP contribution in [-0.4, -0.2) is 55.9 Å². The number of alkyl halides is 3. The number of nitrogens with zero attached hydrogens (tertiary/aromatic N) is 2. The van der Waals surface area contributed by atoms with E-state index in [1.54, 1.807) is 61.7 Å². The zero-order chi connectivity index (χ0) is 30.3. The Morgan fingerprint density at radius 2 is 1.95 bits per heavy atom. The number of halogens is 4. The lowest BCUT2D eigenvalue weighted by Crippen LogP contribution is -2.31. The molecule has 1 heterocycles. The first-order chi connectivity index (χ1) is 18.8. The third-order valence-corrected chi connectivity index (χ3v) is 5.36. The van der Waals surface area contributed by atoms with E-state index in [1.165, 1.54) is 20.1 Å². The molecule has 1 aliphatic rings. The molecule has 2 rings (SSSR count). The van der Waals surface area contributed by atoms with E-state index in [2.05, 4.69) is 22.2 Å². The highest BCUT2D eigenvalue weighted by Crippen LogP contribution is 2.26. The van der Waals surface area contributed by atoms with Crippen LogP contribution in [0, 0.1) is 0 Å². The summed E-state index contributed by atoms with van der Waals surface area (Å²) in [5.41, 5.74) is 6.93. The van der Waals surface area contributed by atoms with Crippen LogP contribution in [0.3, 0.4) is 0 Å². The Labute approximate surface area is 232 Å². The van der Waals surface area contributed by atoms with Crippen LogP contribution in [0.2, 0.25) is 0 Å². The average Bonchev–Trinajstić information content (AvgIpc) is 3.07. The summed E-state index contributed by atoms with van der Waals surface area (Å²) >= 11 is 0. The van der Waals surface area contributed by atoms with E-state index >= 15 is 0 Å². The van der Waals surface area contributed by atoms with Gasteiger partial charge in [0.2, 0.25) is 5.91 Å². The van der Waals surface area contributed by atoms with Crippen molar-refractivity contribution in [2.45, 2.75) is 39.0 Å². The first-order valence-electron chi connectivity index (χ1n) is 12.3. The summed E-state index contributed by atoms with van der Waals surface area (Å²) in [6.45, 7) is 6.51. The Hall–Kier alpha value is -4.06. The maximum absolute atomic E-state index is 13.9. The monoisotopic (exact) mass is 567 g/mol. The predicted molar refractivity (Wildman–Crippen MR) is 147 cm³/mol. The number of rotatable bonds is 11. The molecule has 0 aromatic carbocycles. The maximum atomic E-state index is 13.9. The zero-order valence-electron chi connectivity index (χ0n) is 23.3. The number of allylic oxidation sites excluding steroid dienone is 6. The van der Waals surface area contributed by atoms with Gasteiger partial charge in [0.05, 0.1) is 30.2 Å². The van der Waals surface area contributed by atoms with E-state index in [9.17, 15) is 22.4 Å². The van der Waals surface area contributed by atoms with Crippen molar-refractivity contribution in [3.8, 4) is 5.75 Å². The summed E-state index contributed by atoms with van der Waals surface area (Å²) in [6, 6.07) is 3.38. The first kappa shape index (κ1) is 34.0. The highest BCUT2D eigenvalue weighted by Gasteiger charge is 2.28. The number of ether oxygens (including phenoxy) is 2. The molecule has 0 saturated carbocycles. The van der Waals surface area contributed by atoms with Crippen molar-refractivity contribution in [3.63, 3.8) is 0 Å². The second-order valence-corrected chi connectivity index (χ2v) is 8.37. The predicted octanol–water partition coefficient (Wildman–Crippen LogP) is 4.99. The molecule has 220 valence electrons. The van der Waals surface area contributed by atoms with Gasteiger partial charge >= 0.3 is 6.18 Å². The lowest BCUT2D eigenvalue weighted by atomic mass is 10.1. The topological polar surface area (TPSA) is 102 Å². The fourth-order valence-electron chi connectivity index (χ4n) is 3.20. The van der Waals surface area contributed by atoms with Crippen molar-refractivity contribution in [1.29, 1.82) is 0 Å². The Kier molecular flexibility index (Phi) is 14.3. The van der Waals surface area contributed by atoms with Gasteiger partial charge in [0.15, 0.2) is 0 Å². The number of hydrogen-bond donors (Lipinski definition) is 3. The molecule has 12 heteroatoms. The molecule has 1 aliphatic carbocycles. The largest absolute Gasteiger partial charge is 0.458 e. The quantitative estimate of drug-likeness (QED) is 0.197. The molecule has 0 fully saturated rings. The van der Waals surface area contributed by atoms with Gasteiger partial charge in [0.1, 0.15) is 23.4 Å². The number of aromatic nitrogens is 1. The Bertz CT molecular complexity index is 1140. The minimum absolute atomic E-state index is 0.0319. The van der Waals surface area contributed by atoms with Crippen molar-refractivity contribution < 1.29 is 31.8 Å². The van der Waals surface area contributed by atoms with E-state index in [-0.39, 0.29) is 23.8 Å². The number of likely N-dealkylation sites (N-methyl/N-ethyl adjacent to an activating group) is 1. The minimum atomic E-state index is -4.41. The summed E-state index contributed by atoms with van der Waals surface area (Å²) in [5, 5.41) is 5.25. The Morgan fingerprint density at radius 3 is 2.42 bits per heavy atom. The number of carbonyl (C=O) groups excluding carboxylic acids is 1. The van der Waals surface area contributed by atoms with Gasteiger partial charge in [0, 0.05) is 46.1 Å². The number of amides is 1. The van der Waals surface area contributed by atoms with E-state index in [0.717, 1.165) is 6.08 Å². The van der Waals surface area contributed by atoms with E-state index in [1.807, 2.05) is 6.92 Å². The number of hydrogen-bond acceptors (Lipinski definition) is 7. The number of nitrogens with two attached hydrogens (primary N) is 1. The smallest absolute Gasteiger partial charge is 0.393 e. The third-order valence-electron chi connectivity index (χ3n) is 5.36. The molecule has 0 spiro atoms. The fourth-order valence-corrected chi connectivity index (χ4v) is 3.20. The highest BCUT2D eigenvalue weighted by atomic mass is 19.4. The van der Waals surface area contributed by atoms with Crippen LogP contribution < -0.4 is 21.1 Å². The molecule has 0 aliphatic heterocycles. The zero-order valence-corrected chi connectivity index (χ0v) is 23.3. The molecule has 1 amide bonds. The summed E-state index contributed by atoms with van der Waals surface area (Å²) in [5.74, 6) is 0.204. The molecular weight excluding hydrogens is 530 g/mol. The van der Waals surface area contributed by atoms with Gasteiger partial charge < -0.3 is 30.7 Å². The normalized spacial score (nSPS) is 15.8. The van der Waals surface area contributed by atoms with E-state index in [0.29, 0.717) is 29.3 Å². The number of nitrogens with one attached hydrogen (secondary N) is 2. The Balaban J connectivity index is 0.00000120. The fraction of sp³-hybridized carbons (Fsp3) is 0.357. The van der Waals surface area contributed by atoms with Gasteiger partial charge in [-0.3, -0.25) is 9.78 Å². The summed E-state index contributed by atoms with van der Waals surface area (Å²) in [7, 11) is 4.84. The molecule has 0 bridgehead atoms. The van der Waals surface area contributed by atoms with Crippen molar-refractivity contribution in [3.05, 3.63) is 95.7 Å². The second-order valence-electron chi connectivity index (χ2n) is 8.37. The molecule has 1 atom stereocenters. The Morgan fingerprint density at radius 1 is 1.30 bits per heavy atom. The lowest BCUT2D eigenvalue weighted by Gasteiger charge is -2.23. The number of pyridine rings is 1. The van der Waals surface area contributed by atoms with Crippen LogP contribution in [0.4, 0.5) is 17.6 Å². The molecule has 4 N–H and O–H groups in total. The van der Waals surface area contributed by atoms with Gasteiger partial charge in [-0.2, -0.15) is 13.2 Å². The average molecular weight is 568 g/mol. The molecular formula is C28H37F4N5O3. The van der Waals surface area contributed by atoms with Crippen LogP contribution in [0.15, 0.2) is 95.7 Å². The van der Waals surface area contributed by atoms with Crippen LogP contribution in [0.1, 0.15) is 26.7 Å². The van der Waals surface area contributed by atoms with E-state index in [4.69, 9.17) is 15.2 Å². The molecule has 8 nitrogen and oxygen atoms in total. The number of carbonyl (C=O) groups is 1. The summed E-state index contributed by atoms with van der Waals surface area (Å²) < 4.78 is 63.5. The maximum Gasteiger partial charge on any atom is 0.393 e. The van der Waals surface area contributed by atoms with Gasteiger partial charge in [-0.1, -0.05) is 19.6 Å². The third kappa shape index (κ3) is 12.2. The van der Waals surface area contributed by atoms with Crippen LogP contribution >= 0.6 is 0 Å². The van der Waals surface area contributed by atoms with Gasteiger partial charge in [-0.05, 0) is 42.9 Å². The standard InChI is InChI=1S/C24H28F4N4O2.C4H9NO/c1-5-17(14-24(26,27)28)12-20(16(2)25)31-15-32(3)21-6-7-22(33-4)23(13-19(21)29)34-18-8-10-30-11-9-18;1-3-4(6)5-2/h5-13,22,31H,2,14-15,29H2,1,3-4H3;3H2,1-2H3,(H,5,6)/b17-5+,20-12+;. The molecule has 0 saturated heterocycles. The summed E-state index contributed by atoms with van der Waals surface area (Å²) in [4.78, 5) is 15.7. The molecule has 1 aromatic rings. The lowest BCUT2D eigenvalue weighted by molar-refractivity contribution is -0.126. The van der Waals surface area contributed by atoms with Crippen molar-refractivity contribution in [2.75, 3.05) is 27.9 Å². The van der Waals surface area contributed by atoms with Gasteiger partial charge in [-0.15, -0.1) is 0 Å². The van der Waals surface area contributed by atoms with Crippen LogP contribution in [-0.2, 0) is 9.53 Å². The molecule has 0 radical (unpaired) electrons. The minimum Gasteiger partial charge on any atom is -0.458 e. The molecule has 1 unspecified atom stereocenters. The molecule has 40 heavy (non-hydrogen) atoms. The van der Waals surface area contributed by atoms with Crippen molar-refractivity contribution >= 4 is 5.91 Å². The van der Waals surface area contributed by atoms with Crippen LogP contribution in [0.25, 0.3) is 0 Å². The second kappa shape index (κ2) is 16.8. The van der Waals surface area contributed by atoms with Gasteiger partial charge in [0.25, 0.3) is 0 Å². The van der Waals surface area contributed by atoms with Crippen molar-refractivity contribution in [2.24, 2.45) is 5.73 Å². The van der Waals surface area contributed by atoms with E-state index < -0.39 is 24.5 Å². The summed E-state index contributed by atoms with van der Waals surface area (Å²) in [6.07, 6.45) is 5.09. The number of methoxy groups -OCH3 is 1. The SMILES string of the molecule is C=C(F)/C(=C\C(=C/C)CC(F)(F)F)NCN(C)C1=C(N)C=C(Oc2ccncc2)C(OC)C=C1.CCC(=O)NC.